The van der Waals surface area contributed by atoms with E-state index < -0.39 is 24.0 Å². The van der Waals surface area contributed by atoms with Crippen molar-refractivity contribution in [1.82, 2.24) is 10.6 Å². The molecule has 1 aliphatic rings. The highest BCUT2D eigenvalue weighted by atomic mass is 35.5. The van der Waals surface area contributed by atoms with Gasteiger partial charge in [-0.2, -0.15) is 0 Å². The summed E-state index contributed by atoms with van der Waals surface area (Å²) in [5.74, 6) is -1.45. The Hall–Kier alpha value is -2.87. The molecule has 8 nitrogen and oxygen atoms in total. The maximum absolute atomic E-state index is 12.1. The average Bonchev–Trinajstić information content (AvgIpc) is 2.64. The van der Waals surface area contributed by atoms with Crippen molar-refractivity contribution in [3.05, 3.63) is 46.1 Å². The monoisotopic (exact) mass is 408 g/mol. The molecule has 1 atom stereocenters. The van der Waals surface area contributed by atoms with E-state index in [1.54, 1.807) is 38.1 Å². The summed E-state index contributed by atoms with van der Waals surface area (Å²) in [6.07, 6.45) is -0.167. The molecule has 1 aromatic carbocycles. The second-order valence-electron chi connectivity index (χ2n) is 6.02. The number of carbonyl (C=O) groups is 4. The van der Waals surface area contributed by atoms with Crippen molar-refractivity contribution in [3.63, 3.8) is 0 Å². The van der Waals surface area contributed by atoms with Gasteiger partial charge in [0.1, 0.15) is 6.61 Å². The number of Topliss-reactive ketones (excluding diaryl/α,β-unsaturated/α-hetero) is 1. The van der Waals surface area contributed by atoms with Gasteiger partial charge >= 0.3 is 18.0 Å². The van der Waals surface area contributed by atoms with E-state index in [0.29, 0.717) is 10.6 Å². The van der Waals surface area contributed by atoms with Crippen LogP contribution in [0.4, 0.5) is 4.79 Å². The number of urea groups is 1. The minimum Gasteiger partial charge on any atom is -0.463 e. The molecular formula is C19H21ClN2O6. The molecule has 2 N–H and O–H groups in total. The van der Waals surface area contributed by atoms with Crippen LogP contribution in [0.5, 0.6) is 0 Å². The van der Waals surface area contributed by atoms with E-state index in [0.717, 1.165) is 0 Å². The van der Waals surface area contributed by atoms with Crippen molar-refractivity contribution < 1.29 is 28.7 Å². The molecule has 0 bridgehead atoms. The number of amides is 2. The summed E-state index contributed by atoms with van der Waals surface area (Å²) in [6.45, 7) is 3.15. The first-order chi connectivity index (χ1) is 13.3. The van der Waals surface area contributed by atoms with Crippen LogP contribution in [0, 0.1) is 0 Å². The topological polar surface area (TPSA) is 111 Å². The van der Waals surface area contributed by atoms with Gasteiger partial charge in [-0.05, 0) is 38.1 Å². The zero-order valence-electron chi connectivity index (χ0n) is 15.5. The van der Waals surface area contributed by atoms with Gasteiger partial charge < -0.3 is 20.1 Å². The number of esters is 2. The van der Waals surface area contributed by atoms with Crippen molar-refractivity contribution >= 4 is 35.4 Å². The summed E-state index contributed by atoms with van der Waals surface area (Å²) in [4.78, 5) is 47.8. The minimum atomic E-state index is -0.626. The first kappa shape index (κ1) is 21.4. The normalized spacial score (nSPS) is 16.1. The first-order valence-corrected chi connectivity index (χ1v) is 9.11. The van der Waals surface area contributed by atoms with Gasteiger partial charge in [0.2, 0.25) is 0 Å². The van der Waals surface area contributed by atoms with Crippen LogP contribution >= 0.6 is 11.6 Å². The zero-order valence-corrected chi connectivity index (χ0v) is 16.3. The van der Waals surface area contributed by atoms with Crippen LogP contribution in [0.25, 0.3) is 0 Å². The zero-order chi connectivity index (χ0) is 20.7. The summed E-state index contributed by atoms with van der Waals surface area (Å²) < 4.78 is 10.1. The lowest BCUT2D eigenvalue weighted by Gasteiger charge is -2.26. The number of hydrogen-bond acceptors (Lipinski definition) is 6. The van der Waals surface area contributed by atoms with Crippen LogP contribution < -0.4 is 10.6 Å². The van der Waals surface area contributed by atoms with Crippen LogP contribution in [0.1, 0.15) is 37.0 Å². The molecule has 0 aliphatic carbocycles. The van der Waals surface area contributed by atoms with Crippen molar-refractivity contribution in [1.29, 1.82) is 0 Å². The number of halogens is 1. The fourth-order valence-electron chi connectivity index (χ4n) is 2.61. The molecule has 0 fully saturated rings. The van der Waals surface area contributed by atoms with E-state index >= 15 is 0 Å². The molecule has 9 heteroatoms. The summed E-state index contributed by atoms with van der Waals surface area (Å²) in [7, 11) is 0. The molecule has 0 radical (unpaired) electrons. The molecule has 1 aromatic rings. The molecule has 0 spiro atoms. The van der Waals surface area contributed by atoms with E-state index in [4.69, 9.17) is 21.1 Å². The van der Waals surface area contributed by atoms with Crippen LogP contribution in [0.15, 0.2) is 35.5 Å². The van der Waals surface area contributed by atoms with Crippen LogP contribution in [-0.4, -0.2) is 43.0 Å². The van der Waals surface area contributed by atoms with Gasteiger partial charge in [-0.3, -0.25) is 9.59 Å². The summed E-state index contributed by atoms with van der Waals surface area (Å²) >= 11 is 5.78. The van der Waals surface area contributed by atoms with Crippen molar-refractivity contribution in [2.45, 2.75) is 32.7 Å². The molecule has 1 aliphatic heterocycles. The number of nitrogens with one attached hydrogen (secondary N) is 2. The average molecular weight is 409 g/mol. The van der Waals surface area contributed by atoms with E-state index in [9.17, 15) is 19.2 Å². The van der Waals surface area contributed by atoms with E-state index in [-0.39, 0.29) is 43.1 Å². The first-order valence-electron chi connectivity index (χ1n) is 8.73. The standard InChI is InChI=1S/C19H21ClN2O6/c1-3-27-18(25)17-11(2)21-19(26)22-14(17)10-28-16(24)9-8-15(23)12-4-6-13(20)7-5-12/h4-7,11H,3,8-10H2,1-2H3,(H2,21,22,26)/t11-/m0/s1. The van der Waals surface area contributed by atoms with Gasteiger partial charge in [0.05, 0.1) is 30.3 Å². The molecule has 0 saturated heterocycles. The predicted octanol–water partition coefficient (Wildman–Crippen LogP) is 2.36. The maximum Gasteiger partial charge on any atom is 0.338 e. The van der Waals surface area contributed by atoms with Crippen molar-refractivity contribution in [2.75, 3.05) is 13.2 Å². The molecule has 1 heterocycles. The molecule has 0 unspecified atom stereocenters. The van der Waals surface area contributed by atoms with Gasteiger partial charge in [-0.25, -0.2) is 9.59 Å². The van der Waals surface area contributed by atoms with Crippen LogP contribution in [-0.2, 0) is 19.1 Å². The predicted molar refractivity (Wildman–Crippen MR) is 101 cm³/mol. The molecule has 2 rings (SSSR count). The lowest BCUT2D eigenvalue weighted by molar-refractivity contribution is -0.143. The Morgan fingerprint density at radius 1 is 1.11 bits per heavy atom. The third kappa shape index (κ3) is 5.82. The quantitative estimate of drug-likeness (QED) is 0.504. The Bertz CT molecular complexity index is 803. The molecule has 28 heavy (non-hydrogen) atoms. The minimum absolute atomic E-state index is 0.0332. The Labute approximate surface area is 167 Å². The third-order valence-electron chi connectivity index (χ3n) is 3.97. The number of ether oxygens (including phenoxy) is 2. The number of carbonyl (C=O) groups excluding carboxylic acids is 4. The van der Waals surface area contributed by atoms with Gasteiger partial charge in [0, 0.05) is 17.0 Å². The largest absolute Gasteiger partial charge is 0.463 e. The molecular weight excluding hydrogens is 388 g/mol. The molecule has 0 aromatic heterocycles. The summed E-state index contributed by atoms with van der Waals surface area (Å²) in [5, 5.41) is 5.52. The number of rotatable bonds is 8. The smallest absolute Gasteiger partial charge is 0.338 e. The summed E-state index contributed by atoms with van der Waals surface area (Å²) in [5.41, 5.74) is 0.794. The second-order valence-corrected chi connectivity index (χ2v) is 6.46. The highest BCUT2D eigenvalue weighted by Gasteiger charge is 2.30. The Balaban J connectivity index is 1.94. The Kier molecular flexibility index (Phi) is 7.57. The Morgan fingerprint density at radius 2 is 1.79 bits per heavy atom. The molecule has 2 amide bonds. The fourth-order valence-corrected chi connectivity index (χ4v) is 2.74. The van der Waals surface area contributed by atoms with E-state index in [1.807, 2.05) is 0 Å². The lowest BCUT2D eigenvalue weighted by Crippen LogP contribution is -2.50. The maximum atomic E-state index is 12.1. The van der Waals surface area contributed by atoms with Crippen molar-refractivity contribution in [3.8, 4) is 0 Å². The molecule has 150 valence electrons. The van der Waals surface area contributed by atoms with Crippen molar-refractivity contribution in [2.24, 2.45) is 0 Å². The van der Waals surface area contributed by atoms with Crippen LogP contribution in [0.2, 0.25) is 5.02 Å². The SMILES string of the molecule is CCOC(=O)C1=C(COC(=O)CCC(=O)c2ccc(Cl)cc2)NC(=O)N[C@H]1C. The highest BCUT2D eigenvalue weighted by Crippen LogP contribution is 2.15. The van der Waals surface area contributed by atoms with E-state index in [1.165, 1.54) is 0 Å². The number of ketones is 1. The Morgan fingerprint density at radius 3 is 2.43 bits per heavy atom. The van der Waals surface area contributed by atoms with Gasteiger partial charge in [0.15, 0.2) is 5.78 Å². The fraction of sp³-hybridized carbons (Fsp3) is 0.368. The van der Waals surface area contributed by atoms with Gasteiger partial charge in [-0.1, -0.05) is 11.6 Å². The summed E-state index contributed by atoms with van der Waals surface area (Å²) in [6, 6.07) is 5.25. The second kappa shape index (κ2) is 9.89. The van der Waals surface area contributed by atoms with Gasteiger partial charge in [0.25, 0.3) is 0 Å². The van der Waals surface area contributed by atoms with Crippen LogP contribution in [0.3, 0.4) is 0 Å². The van der Waals surface area contributed by atoms with Gasteiger partial charge in [-0.15, -0.1) is 0 Å². The number of benzene rings is 1. The van der Waals surface area contributed by atoms with E-state index in [2.05, 4.69) is 10.6 Å². The lowest BCUT2D eigenvalue weighted by atomic mass is 10.0. The number of hydrogen-bond donors (Lipinski definition) is 2. The molecule has 0 saturated carbocycles. The third-order valence-corrected chi connectivity index (χ3v) is 4.22. The highest BCUT2D eigenvalue weighted by molar-refractivity contribution is 6.30.